The molecule has 0 atom stereocenters. The number of anilines is 1. The summed E-state index contributed by atoms with van der Waals surface area (Å²) in [7, 11) is 0. The first-order valence-electron chi connectivity index (χ1n) is 4.93. The normalized spacial score (nSPS) is 14.2. The van der Waals surface area contributed by atoms with Crippen LogP contribution in [0.3, 0.4) is 0 Å². The Labute approximate surface area is 98.3 Å². The molecule has 0 saturated heterocycles. The van der Waals surface area contributed by atoms with Crippen LogP contribution in [0.25, 0.3) is 0 Å². The number of ether oxygens (including phenoxy) is 1. The molecule has 1 N–H and O–H groups in total. The van der Waals surface area contributed by atoms with Gasteiger partial charge in [0.15, 0.2) is 0 Å². The van der Waals surface area contributed by atoms with E-state index in [9.17, 15) is 4.79 Å². The van der Waals surface area contributed by atoms with Crippen LogP contribution < -0.4 is 5.32 Å². The van der Waals surface area contributed by atoms with Gasteiger partial charge in [0.2, 0.25) is 11.8 Å². The number of halogens is 1. The highest BCUT2D eigenvalue weighted by atomic mass is 35.5. The number of carbonyl (C=O) groups excluding carboxylic acids is 1. The molecule has 1 aromatic carbocycles. The fourth-order valence-corrected chi connectivity index (χ4v) is 1.47. The Morgan fingerprint density at radius 1 is 1.44 bits per heavy atom. The van der Waals surface area contributed by atoms with Crippen molar-refractivity contribution in [3.8, 4) is 0 Å². The Morgan fingerprint density at radius 2 is 2.19 bits per heavy atom. The molecular weight excluding hydrogens is 228 g/mol. The molecule has 1 aliphatic heterocycles. The van der Waals surface area contributed by atoms with Crippen molar-refractivity contribution in [3.63, 3.8) is 0 Å². The Bertz CT molecular complexity index is 414. The van der Waals surface area contributed by atoms with E-state index < -0.39 is 0 Å². The molecule has 2 rings (SSSR count). The summed E-state index contributed by atoms with van der Waals surface area (Å²) in [6, 6.07) is 7.30. The predicted octanol–water partition coefficient (Wildman–Crippen LogP) is 1.64. The third-order valence-corrected chi connectivity index (χ3v) is 2.37. The second-order valence-corrected chi connectivity index (χ2v) is 3.56. The van der Waals surface area contributed by atoms with E-state index in [0.717, 1.165) is 5.56 Å². The number of alkyl halides is 1. The van der Waals surface area contributed by atoms with Crippen molar-refractivity contribution in [3.05, 3.63) is 29.8 Å². The van der Waals surface area contributed by atoms with Gasteiger partial charge in [0.25, 0.3) is 0 Å². The molecule has 4 nitrogen and oxygen atoms in total. The summed E-state index contributed by atoms with van der Waals surface area (Å²) in [5, 5.41) is 2.66. The zero-order valence-corrected chi connectivity index (χ0v) is 9.33. The van der Waals surface area contributed by atoms with Crippen molar-refractivity contribution in [2.24, 2.45) is 4.99 Å². The number of hydrogen-bond donors (Lipinski definition) is 1. The van der Waals surface area contributed by atoms with Crippen LogP contribution in [0.15, 0.2) is 29.3 Å². The standard InChI is InChI=1S/C11H11ClN2O2/c12-7-10(15)14-9-3-1-8(2-4-9)11-13-5-6-16-11/h1-4H,5-7H2,(H,14,15). The fraction of sp³-hybridized carbons (Fsp3) is 0.273. The number of hydrogen-bond acceptors (Lipinski definition) is 3. The molecular formula is C11H11ClN2O2. The van der Waals surface area contributed by atoms with Crippen LogP contribution >= 0.6 is 11.6 Å². The van der Waals surface area contributed by atoms with Crippen LogP contribution in [0.1, 0.15) is 5.56 Å². The van der Waals surface area contributed by atoms with E-state index in [4.69, 9.17) is 16.3 Å². The minimum Gasteiger partial charge on any atom is -0.476 e. The third-order valence-electron chi connectivity index (χ3n) is 2.12. The van der Waals surface area contributed by atoms with Crippen molar-refractivity contribution in [1.82, 2.24) is 0 Å². The van der Waals surface area contributed by atoms with Crippen LogP contribution in [-0.4, -0.2) is 30.8 Å². The van der Waals surface area contributed by atoms with Crippen molar-refractivity contribution in [2.45, 2.75) is 0 Å². The van der Waals surface area contributed by atoms with Crippen molar-refractivity contribution >= 4 is 29.1 Å². The highest BCUT2D eigenvalue weighted by Crippen LogP contribution is 2.12. The van der Waals surface area contributed by atoms with Crippen LogP contribution in [-0.2, 0) is 9.53 Å². The van der Waals surface area contributed by atoms with E-state index in [1.165, 1.54) is 0 Å². The van der Waals surface area contributed by atoms with Crippen molar-refractivity contribution in [2.75, 3.05) is 24.3 Å². The highest BCUT2D eigenvalue weighted by molar-refractivity contribution is 6.29. The third kappa shape index (κ3) is 2.52. The van der Waals surface area contributed by atoms with Gasteiger partial charge in [0.1, 0.15) is 12.5 Å². The zero-order chi connectivity index (χ0) is 11.4. The largest absolute Gasteiger partial charge is 0.476 e. The summed E-state index contributed by atoms with van der Waals surface area (Å²) in [6.07, 6.45) is 0. The van der Waals surface area contributed by atoms with Gasteiger partial charge in [-0.05, 0) is 24.3 Å². The summed E-state index contributed by atoms with van der Waals surface area (Å²) in [5.74, 6) is 0.400. The van der Waals surface area contributed by atoms with E-state index in [2.05, 4.69) is 10.3 Å². The molecule has 1 amide bonds. The Kier molecular flexibility index (Phi) is 3.41. The lowest BCUT2D eigenvalue weighted by Gasteiger charge is -2.05. The molecule has 16 heavy (non-hydrogen) atoms. The summed E-state index contributed by atoms with van der Waals surface area (Å²) < 4.78 is 5.32. The Morgan fingerprint density at radius 3 is 2.75 bits per heavy atom. The summed E-state index contributed by atoms with van der Waals surface area (Å²) in [6.45, 7) is 1.35. The number of carbonyl (C=O) groups is 1. The monoisotopic (exact) mass is 238 g/mol. The van der Waals surface area contributed by atoms with Crippen LogP contribution in [0.4, 0.5) is 5.69 Å². The van der Waals surface area contributed by atoms with Gasteiger partial charge in [-0.25, -0.2) is 4.99 Å². The lowest BCUT2D eigenvalue weighted by Crippen LogP contribution is -2.12. The van der Waals surface area contributed by atoms with Crippen LogP contribution in [0, 0.1) is 0 Å². The quantitative estimate of drug-likeness (QED) is 0.814. The lowest BCUT2D eigenvalue weighted by atomic mass is 10.2. The van der Waals surface area contributed by atoms with Gasteiger partial charge < -0.3 is 10.1 Å². The highest BCUT2D eigenvalue weighted by Gasteiger charge is 2.09. The molecule has 0 saturated carbocycles. The van der Waals surface area contributed by atoms with Crippen molar-refractivity contribution < 1.29 is 9.53 Å². The molecule has 0 radical (unpaired) electrons. The second-order valence-electron chi connectivity index (χ2n) is 3.29. The van der Waals surface area contributed by atoms with E-state index in [-0.39, 0.29) is 11.8 Å². The van der Waals surface area contributed by atoms with Gasteiger partial charge in [-0.2, -0.15) is 0 Å². The molecule has 1 heterocycles. The molecule has 0 aliphatic carbocycles. The minimum atomic E-state index is -0.219. The van der Waals surface area contributed by atoms with E-state index >= 15 is 0 Å². The zero-order valence-electron chi connectivity index (χ0n) is 8.57. The second kappa shape index (κ2) is 4.99. The lowest BCUT2D eigenvalue weighted by molar-refractivity contribution is -0.113. The van der Waals surface area contributed by atoms with E-state index in [0.29, 0.717) is 24.7 Å². The van der Waals surface area contributed by atoms with Crippen molar-refractivity contribution in [1.29, 1.82) is 0 Å². The number of aliphatic imine (C=N–C) groups is 1. The molecule has 5 heteroatoms. The van der Waals surface area contributed by atoms with E-state index in [1.54, 1.807) is 12.1 Å². The maximum Gasteiger partial charge on any atom is 0.239 e. The molecule has 0 spiro atoms. The topological polar surface area (TPSA) is 50.7 Å². The molecule has 1 aliphatic rings. The summed E-state index contributed by atoms with van der Waals surface area (Å²) >= 11 is 5.39. The van der Waals surface area contributed by atoms with Gasteiger partial charge in [-0.3, -0.25) is 4.79 Å². The smallest absolute Gasteiger partial charge is 0.239 e. The van der Waals surface area contributed by atoms with Gasteiger partial charge >= 0.3 is 0 Å². The molecule has 0 bridgehead atoms. The number of rotatable bonds is 3. The molecule has 0 fully saturated rings. The van der Waals surface area contributed by atoms with Gasteiger partial charge in [0.05, 0.1) is 6.54 Å². The summed E-state index contributed by atoms with van der Waals surface area (Å²) in [4.78, 5) is 15.2. The minimum absolute atomic E-state index is 0.0441. The van der Waals surface area contributed by atoms with Gasteiger partial charge in [-0.1, -0.05) is 0 Å². The van der Waals surface area contributed by atoms with Crippen LogP contribution in [0.2, 0.25) is 0 Å². The number of nitrogens with zero attached hydrogens (tertiary/aromatic N) is 1. The van der Waals surface area contributed by atoms with Crippen LogP contribution in [0.5, 0.6) is 0 Å². The Balaban J connectivity index is 2.07. The number of amides is 1. The first kappa shape index (κ1) is 11.0. The average Bonchev–Trinajstić information content (AvgIpc) is 2.83. The van der Waals surface area contributed by atoms with Gasteiger partial charge in [0, 0.05) is 11.3 Å². The maximum absolute atomic E-state index is 11.0. The molecule has 1 aromatic rings. The Hall–Kier alpha value is -1.55. The fourth-order valence-electron chi connectivity index (χ4n) is 1.40. The number of benzene rings is 1. The first-order valence-corrected chi connectivity index (χ1v) is 5.46. The molecule has 84 valence electrons. The van der Waals surface area contributed by atoms with E-state index in [1.807, 2.05) is 12.1 Å². The van der Waals surface area contributed by atoms with Gasteiger partial charge in [-0.15, -0.1) is 11.6 Å². The molecule has 0 aromatic heterocycles. The predicted molar refractivity (Wildman–Crippen MR) is 63.1 cm³/mol. The molecule has 0 unspecified atom stereocenters. The maximum atomic E-state index is 11.0. The first-order chi connectivity index (χ1) is 7.79. The summed E-state index contributed by atoms with van der Waals surface area (Å²) in [5.41, 5.74) is 1.63. The SMILES string of the molecule is O=C(CCl)Nc1ccc(C2=NCCO2)cc1. The average molecular weight is 239 g/mol. The number of nitrogens with one attached hydrogen (secondary N) is 1.